The minimum absolute atomic E-state index is 0.0149. The van der Waals surface area contributed by atoms with Gasteiger partial charge in [-0.15, -0.1) is 0 Å². The lowest BCUT2D eigenvalue weighted by molar-refractivity contribution is -0.129. The molecule has 18 heteroatoms. The molecule has 3 saturated heterocycles. The van der Waals surface area contributed by atoms with Crippen LogP contribution >= 0.6 is 47.8 Å². The van der Waals surface area contributed by atoms with E-state index < -0.39 is 8.32 Å². The second-order valence-electron chi connectivity index (χ2n) is 17.8. The van der Waals surface area contributed by atoms with Crippen LogP contribution in [0.2, 0.25) is 18.1 Å². The Labute approximate surface area is 383 Å². The molecular weight excluding hydrogens is 996 g/mol. The number of anilines is 3. The van der Waals surface area contributed by atoms with Crippen LogP contribution in [0.5, 0.6) is 0 Å². The van der Waals surface area contributed by atoms with Crippen molar-refractivity contribution >= 4 is 91.3 Å². The van der Waals surface area contributed by atoms with E-state index in [0.717, 1.165) is 61.8 Å². The first kappa shape index (κ1) is 46.3. The molecule has 3 aromatic rings. The maximum Gasteiger partial charge on any atom is 0.234 e. The molecule has 61 heavy (non-hydrogen) atoms. The van der Waals surface area contributed by atoms with Crippen LogP contribution in [0.25, 0.3) is 0 Å². The molecule has 0 spiro atoms. The molecule has 6 aliphatic rings. The van der Waals surface area contributed by atoms with E-state index in [1.165, 1.54) is 0 Å². The molecule has 9 heterocycles. The number of carbonyl (C=O) groups excluding carboxylic acids is 3. The third-order valence-electron chi connectivity index (χ3n) is 13.0. The van der Waals surface area contributed by atoms with Gasteiger partial charge in [-0.1, -0.05) is 20.8 Å². The summed E-state index contributed by atoms with van der Waals surface area (Å²) in [5.41, 5.74) is 3.36. The van der Waals surface area contributed by atoms with Crippen LogP contribution in [0.4, 0.5) is 17.5 Å². The normalized spacial score (nSPS) is 25.5. The minimum atomic E-state index is -1.84. The van der Waals surface area contributed by atoms with Gasteiger partial charge in [0.1, 0.15) is 17.5 Å². The number of amides is 3. The Kier molecular flexibility index (Phi) is 14.9. The number of aliphatic hydroxyl groups excluding tert-OH is 1. The Balaban J connectivity index is 0.000000142. The molecule has 0 saturated carbocycles. The standard InChI is InChI=1S/C19H29BrN2O3Si.C13H15BrN2O3.C11H11BrN2O2/c1-19(2,3)26(4,5)25-9-7-22-17-15(10-13(20)11-21-17)14-6-8-24-12-16(14)18(22)23;14-8-5-10-9-1-4-19-7-11(9)13(18)16(2-3-17)12(10)15-6-8;12-6-3-8-7-1-2-16-5-9(7)11(15)14-10(8)13-4-6/h10-11,14,16H,6-9,12H2,1-5H3;5-6,9,11,17H,1-4,7H2;3-4,7,9H,1-2,5H2,(H,13,14,15)/t14-,16+;9-,11+;7-,9+/m000/s1. The van der Waals surface area contributed by atoms with Crippen molar-refractivity contribution in [2.24, 2.45) is 17.8 Å². The molecule has 0 aliphatic carbocycles. The molecular formula is C43H55Br3N6O8Si. The maximum absolute atomic E-state index is 13.1. The van der Waals surface area contributed by atoms with Gasteiger partial charge < -0.3 is 29.1 Å². The smallest absolute Gasteiger partial charge is 0.234 e. The minimum Gasteiger partial charge on any atom is -0.415 e. The Morgan fingerprint density at radius 2 is 1.15 bits per heavy atom. The number of pyridine rings is 3. The summed E-state index contributed by atoms with van der Waals surface area (Å²) in [5, 5.41) is 12.1. The number of hydrogen-bond acceptors (Lipinski definition) is 11. The second kappa shape index (κ2) is 19.6. The SMILES string of the molecule is CC(C)(C)[Si](C)(C)OCCN1C(=O)[C@@H]2COCC[C@H]2c2cc(Br)cnc21.O=C1Nc2ncc(Br)cc2[C@@H]2CCOC[C@@H]12.O=C1[C@@H]2COCC[C@H]2c2cc(Br)cnc2N1CCO. The van der Waals surface area contributed by atoms with Crippen LogP contribution in [0.3, 0.4) is 0 Å². The zero-order valence-electron chi connectivity index (χ0n) is 35.3. The lowest BCUT2D eigenvalue weighted by Crippen LogP contribution is -2.50. The molecule has 0 aromatic carbocycles. The highest BCUT2D eigenvalue weighted by Crippen LogP contribution is 2.45. The number of nitrogens with zero attached hydrogens (tertiary/aromatic N) is 5. The van der Waals surface area contributed by atoms with Crippen LogP contribution in [-0.2, 0) is 33.0 Å². The van der Waals surface area contributed by atoms with Crippen LogP contribution in [0.15, 0.2) is 50.2 Å². The van der Waals surface area contributed by atoms with Gasteiger partial charge in [0.25, 0.3) is 0 Å². The molecule has 3 aromatic heterocycles. The van der Waals surface area contributed by atoms with Gasteiger partial charge in [-0.3, -0.25) is 24.2 Å². The van der Waals surface area contributed by atoms with Crippen molar-refractivity contribution in [2.75, 3.05) is 81.1 Å². The van der Waals surface area contributed by atoms with Crippen molar-refractivity contribution in [3.8, 4) is 0 Å². The number of aromatic nitrogens is 3. The summed E-state index contributed by atoms with van der Waals surface area (Å²) in [6.07, 6.45) is 7.77. The summed E-state index contributed by atoms with van der Waals surface area (Å²) >= 11 is 10.4. The number of ether oxygens (including phenoxy) is 3. The van der Waals surface area contributed by atoms with Crippen molar-refractivity contribution in [2.45, 2.75) is 75.9 Å². The highest BCUT2D eigenvalue weighted by atomic mass is 79.9. The largest absolute Gasteiger partial charge is 0.415 e. The van der Waals surface area contributed by atoms with E-state index in [2.05, 4.69) is 108 Å². The Bertz CT molecular complexity index is 2110. The summed E-state index contributed by atoms with van der Waals surface area (Å²) in [6, 6.07) is 6.19. The van der Waals surface area contributed by atoms with Gasteiger partial charge in [0.2, 0.25) is 17.7 Å². The number of rotatable bonds is 6. The van der Waals surface area contributed by atoms with Crippen LogP contribution in [0.1, 0.15) is 74.5 Å². The fourth-order valence-corrected chi connectivity index (χ4v) is 10.9. The van der Waals surface area contributed by atoms with Crippen molar-refractivity contribution in [3.63, 3.8) is 0 Å². The van der Waals surface area contributed by atoms with Gasteiger partial charge in [0.05, 0.1) is 57.3 Å². The molecule has 0 bridgehead atoms. The highest BCUT2D eigenvalue weighted by Gasteiger charge is 2.45. The number of fused-ring (bicyclic) bond motifs is 9. The fraction of sp³-hybridized carbons (Fsp3) is 0.581. The molecule has 2 N–H and O–H groups in total. The van der Waals surface area contributed by atoms with Gasteiger partial charge >= 0.3 is 0 Å². The van der Waals surface area contributed by atoms with E-state index in [4.69, 9.17) is 23.7 Å². The molecule has 14 nitrogen and oxygen atoms in total. The summed E-state index contributed by atoms with van der Waals surface area (Å²) in [4.78, 5) is 54.0. The molecule has 0 radical (unpaired) electrons. The monoisotopic (exact) mass is 1050 g/mol. The summed E-state index contributed by atoms with van der Waals surface area (Å²) in [5.74, 6) is 2.67. The molecule has 0 unspecified atom stereocenters. The molecule has 3 fully saturated rings. The Morgan fingerprint density at radius 3 is 1.64 bits per heavy atom. The van der Waals surface area contributed by atoms with Gasteiger partial charge in [0.15, 0.2) is 8.32 Å². The van der Waals surface area contributed by atoms with Gasteiger partial charge in [0, 0.05) is 92.8 Å². The lowest BCUT2D eigenvalue weighted by Gasteiger charge is -2.41. The van der Waals surface area contributed by atoms with Crippen molar-refractivity contribution in [1.82, 2.24) is 15.0 Å². The van der Waals surface area contributed by atoms with Crippen molar-refractivity contribution in [3.05, 3.63) is 66.9 Å². The third-order valence-corrected chi connectivity index (χ3v) is 18.9. The first-order valence-electron chi connectivity index (χ1n) is 21.0. The zero-order chi connectivity index (χ0) is 43.6. The predicted molar refractivity (Wildman–Crippen MR) is 244 cm³/mol. The third kappa shape index (κ3) is 10.0. The van der Waals surface area contributed by atoms with Gasteiger partial charge in [-0.25, -0.2) is 15.0 Å². The highest BCUT2D eigenvalue weighted by molar-refractivity contribution is 9.11. The number of nitrogens with one attached hydrogen (secondary N) is 1. The zero-order valence-corrected chi connectivity index (χ0v) is 41.1. The molecule has 3 amide bonds. The maximum atomic E-state index is 13.1. The van der Waals surface area contributed by atoms with E-state index in [0.29, 0.717) is 57.8 Å². The predicted octanol–water partition coefficient (Wildman–Crippen LogP) is 7.55. The number of carbonyl (C=O) groups is 3. The van der Waals surface area contributed by atoms with Gasteiger partial charge in [-0.05, 0) is 103 Å². The van der Waals surface area contributed by atoms with Gasteiger partial charge in [-0.2, -0.15) is 0 Å². The number of β-amino-alcohol motifs (C(OH)–C–C–N with tert-alkyl or cyclic N) is 1. The van der Waals surface area contributed by atoms with E-state index >= 15 is 0 Å². The number of hydrogen-bond donors (Lipinski definition) is 2. The lowest BCUT2D eigenvalue weighted by atomic mass is 9.79. The van der Waals surface area contributed by atoms with E-state index in [9.17, 15) is 14.4 Å². The summed E-state index contributed by atoms with van der Waals surface area (Å²) in [7, 11) is -1.84. The first-order chi connectivity index (χ1) is 29.1. The average molecular weight is 1050 g/mol. The van der Waals surface area contributed by atoms with Crippen LogP contribution in [-0.4, -0.2) is 112 Å². The van der Waals surface area contributed by atoms with Crippen molar-refractivity contribution < 1.29 is 38.1 Å². The summed E-state index contributed by atoms with van der Waals surface area (Å²) in [6.45, 7) is 16.0. The topological polar surface area (TPSA) is 166 Å². The number of aliphatic hydroxyl groups is 1. The quantitative estimate of drug-likeness (QED) is 0.234. The number of halogens is 3. The molecule has 330 valence electrons. The molecule has 9 rings (SSSR count). The molecule has 6 atom stereocenters. The molecule has 6 aliphatic heterocycles. The van der Waals surface area contributed by atoms with Crippen LogP contribution < -0.4 is 15.1 Å². The van der Waals surface area contributed by atoms with E-state index in [1.54, 1.807) is 23.5 Å². The second-order valence-corrected chi connectivity index (χ2v) is 25.3. The first-order valence-corrected chi connectivity index (χ1v) is 26.3. The summed E-state index contributed by atoms with van der Waals surface area (Å²) < 4.78 is 25.5. The van der Waals surface area contributed by atoms with E-state index in [1.807, 2.05) is 17.0 Å². The Hall–Kier alpha value is -2.68. The average Bonchev–Trinajstić information content (AvgIpc) is 3.24. The van der Waals surface area contributed by atoms with E-state index in [-0.39, 0.29) is 71.4 Å². The van der Waals surface area contributed by atoms with Crippen LogP contribution in [0, 0.1) is 17.8 Å². The van der Waals surface area contributed by atoms with Crippen molar-refractivity contribution in [1.29, 1.82) is 0 Å². The Morgan fingerprint density at radius 1 is 0.705 bits per heavy atom. The fourth-order valence-electron chi connectivity index (χ4n) is 8.77.